The van der Waals surface area contributed by atoms with Crippen LogP contribution in [0.5, 0.6) is 0 Å². The van der Waals surface area contributed by atoms with Gasteiger partial charge < -0.3 is 15.1 Å². The van der Waals surface area contributed by atoms with Gasteiger partial charge in [-0.05, 0) is 45.0 Å². The van der Waals surface area contributed by atoms with Gasteiger partial charge in [0.15, 0.2) is 0 Å². The summed E-state index contributed by atoms with van der Waals surface area (Å²) in [6.07, 6.45) is 3.65. The number of likely N-dealkylation sites (tertiary alicyclic amines) is 2. The van der Waals surface area contributed by atoms with Gasteiger partial charge in [0.2, 0.25) is 0 Å². The zero-order chi connectivity index (χ0) is 14.0. The van der Waals surface area contributed by atoms with Gasteiger partial charge in [0, 0.05) is 30.7 Å². The number of carbonyl (C=O) groups excluding carboxylic acids is 1. The fraction of sp³-hybridized carbons (Fsp3) is 0.562. The summed E-state index contributed by atoms with van der Waals surface area (Å²) in [5, 5.41) is 2.99. The Balaban J connectivity index is 1.61. The van der Waals surface area contributed by atoms with Crippen molar-refractivity contribution < 1.29 is 4.79 Å². The molecule has 1 atom stereocenters. The van der Waals surface area contributed by atoms with Crippen LogP contribution in [0.2, 0.25) is 0 Å². The van der Waals surface area contributed by atoms with Crippen LogP contribution in [0.15, 0.2) is 30.3 Å². The van der Waals surface area contributed by atoms with Gasteiger partial charge >= 0.3 is 6.03 Å². The van der Waals surface area contributed by atoms with E-state index >= 15 is 0 Å². The van der Waals surface area contributed by atoms with E-state index in [1.807, 2.05) is 35.2 Å². The molecule has 0 bridgehead atoms. The van der Waals surface area contributed by atoms with Gasteiger partial charge in [-0.25, -0.2) is 4.79 Å². The lowest BCUT2D eigenvalue weighted by molar-refractivity contribution is 0.117. The number of benzene rings is 1. The third-order valence-corrected chi connectivity index (χ3v) is 4.60. The molecule has 2 heterocycles. The van der Waals surface area contributed by atoms with E-state index < -0.39 is 0 Å². The molecule has 2 amide bonds. The van der Waals surface area contributed by atoms with Crippen molar-refractivity contribution in [2.45, 2.75) is 19.3 Å². The molecule has 3 rings (SSSR count). The van der Waals surface area contributed by atoms with E-state index in [1.165, 1.54) is 19.4 Å². The highest BCUT2D eigenvalue weighted by molar-refractivity contribution is 5.89. The third kappa shape index (κ3) is 2.80. The van der Waals surface area contributed by atoms with Crippen LogP contribution in [0.4, 0.5) is 10.5 Å². The van der Waals surface area contributed by atoms with E-state index in [-0.39, 0.29) is 6.03 Å². The molecule has 1 spiro atoms. The third-order valence-electron chi connectivity index (χ3n) is 4.60. The highest BCUT2D eigenvalue weighted by Gasteiger charge is 2.41. The van der Waals surface area contributed by atoms with Crippen LogP contribution in [-0.4, -0.2) is 49.1 Å². The number of para-hydroxylation sites is 1. The number of nitrogens with one attached hydrogen (secondary N) is 1. The van der Waals surface area contributed by atoms with Gasteiger partial charge in [-0.3, -0.25) is 0 Å². The Morgan fingerprint density at radius 3 is 2.70 bits per heavy atom. The molecular formula is C16H23N3O. The molecule has 1 N–H and O–H groups in total. The van der Waals surface area contributed by atoms with Crippen molar-refractivity contribution in [3.8, 4) is 0 Å². The Kier molecular flexibility index (Phi) is 3.66. The summed E-state index contributed by atoms with van der Waals surface area (Å²) in [5.74, 6) is 0. The van der Waals surface area contributed by atoms with Crippen LogP contribution in [0, 0.1) is 5.41 Å². The van der Waals surface area contributed by atoms with Gasteiger partial charge in [-0.2, -0.15) is 0 Å². The summed E-state index contributed by atoms with van der Waals surface area (Å²) in [6.45, 7) is 4.10. The second-order valence-corrected chi connectivity index (χ2v) is 6.31. The van der Waals surface area contributed by atoms with Crippen LogP contribution < -0.4 is 5.32 Å². The molecule has 1 aromatic rings. The lowest BCUT2D eigenvalue weighted by atomic mass is 9.79. The summed E-state index contributed by atoms with van der Waals surface area (Å²) in [5.41, 5.74) is 1.21. The van der Waals surface area contributed by atoms with E-state index in [2.05, 4.69) is 17.3 Å². The van der Waals surface area contributed by atoms with E-state index in [1.54, 1.807) is 0 Å². The van der Waals surface area contributed by atoms with E-state index in [9.17, 15) is 4.79 Å². The van der Waals surface area contributed by atoms with Crippen LogP contribution in [-0.2, 0) is 0 Å². The van der Waals surface area contributed by atoms with Crippen molar-refractivity contribution in [2.24, 2.45) is 5.41 Å². The molecule has 2 saturated heterocycles. The zero-order valence-corrected chi connectivity index (χ0v) is 12.1. The number of amides is 2. The Hall–Kier alpha value is -1.55. The van der Waals surface area contributed by atoms with Crippen molar-refractivity contribution >= 4 is 11.7 Å². The van der Waals surface area contributed by atoms with Gasteiger partial charge in [0.05, 0.1) is 0 Å². The molecule has 108 valence electrons. The average molecular weight is 273 g/mol. The first kappa shape index (κ1) is 13.4. The van der Waals surface area contributed by atoms with E-state index in [4.69, 9.17) is 0 Å². The first-order valence-electron chi connectivity index (χ1n) is 7.46. The second kappa shape index (κ2) is 5.44. The maximum atomic E-state index is 12.3. The molecule has 1 aromatic carbocycles. The van der Waals surface area contributed by atoms with Gasteiger partial charge in [-0.15, -0.1) is 0 Å². The predicted octanol–water partition coefficient (Wildman–Crippen LogP) is 2.64. The Morgan fingerprint density at radius 1 is 1.15 bits per heavy atom. The molecule has 0 unspecified atom stereocenters. The highest BCUT2D eigenvalue weighted by Crippen LogP contribution is 2.38. The molecule has 2 aliphatic rings. The molecule has 4 nitrogen and oxygen atoms in total. The largest absolute Gasteiger partial charge is 0.324 e. The van der Waals surface area contributed by atoms with Crippen LogP contribution in [0.3, 0.4) is 0 Å². The number of nitrogens with zero attached hydrogens (tertiary/aromatic N) is 2. The van der Waals surface area contributed by atoms with Crippen molar-refractivity contribution in [1.29, 1.82) is 0 Å². The first-order valence-corrected chi connectivity index (χ1v) is 7.46. The number of urea groups is 1. The van der Waals surface area contributed by atoms with Crippen LogP contribution in [0.25, 0.3) is 0 Å². The predicted molar refractivity (Wildman–Crippen MR) is 80.8 cm³/mol. The minimum absolute atomic E-state index is 0.0429. The maximum Gasteiger partial charge on any atom is 0.321 e. The standard InChI is InChI=1S/C16H23N3O/c1-18-10-5-8-16(12-18)9-11-19(13-16)15(20)17-14-6-3-2-4-7-14/h2-4,6-7H,5,8-13H2,1H3,(H,17,20)/t16-/m0/s1. The van der Waals surface area contributed by atoms with Gasteiger partial charge in [-0.1, -0.05) is 18.2 Å². The quantitative estimate of drug-likeness (QED) is 0.854. The highest BCUT2D eigenvalue weighted by atomic mass is 16.2. The zero-order valence-electron chi connectivity index (χ0n) is 12.1. The first-order chi connectivity index (χ1) is 9.67. The topological polar surface area (TPSA) is 35.6 Å². The monoisotopic (exact) mass is 273 g/mol. The summed E-state index contributed by atoms with van der Waals surface area (Å²) in [7, 11) is 2.19. The number of piperidine rings is 1. The Labute approximate surface area is 120 Å². The van der Waals surface area contributed by atoms with Crippen LogP contribution in [0.1, 0.15) is 19.3 Å². The fourth-order valence-electron chi connectivity index (χ4n) is 3.62. The van der Waals surface area contributed by atoms with Gasteiger partial charge in [0.25, 0.3) is 0 Å². The number of hydrogen-bond donors (Lipinski definition) is 1. The van der Waals surface area contributed by atoms with E-state index in [0.29, 0.717) is 5.41 Å². The molecule has 0 saturated carbocycles. The average Bonchev–Trinajstić information content (AvgIpc) is 2.83. The smallest absolute Gasteiger partial charge is 0.321 e. The summed E-state index contributed by atoms with van der Waals surface area (Å²) >= 11 is 0. The van der Waals surface area contributed by atoms with Crippen LogP contribution >= 0.6 is 0 Å². The van der Waals surface area contributed by atoms with Crippen molar-refractivity contribution in [1.82, 2.24) is 9.80 Å². The summed E-state index contributed by atoms with van der Waals surface area (Å²) in [4.78, 5) is 16.7. The van der Waals surface area contributed by atoms with Gasteiger partial charge in [0.1, 0.15) is 0 Å². The normalized spacial score (nSPS) is 26.9. The molecular weight excluding hydrogens is 250 g/mol. The minimum atomic E-state index is 0.0429. The SMILES string of the molecule is CN1CCC[C@]2(CCN(C(=O)Nc3ccccc3)C2)C1. The molecule has 4 heteroatoms. The minimum Gasteiger partial charge on any atom is -0.324 e. The fourth-order valence-corrected chi connectivity index (χ4v) is 3.62. The van der Waals surface area contributed by atoms with Crippen molar-refractivity contribution in [3.63, 3.8) is 0 Å². The number of hydrogen-bond acceptors (Lipinski definition) is 2. The summed E-state index contributed by atoms with van der Waals surface area (Å²) in [6, 6.07) is 9.74. The Morgan fingerprint density at radius 2 is 1.95 bits per heavy atom. The number of carbonyl (C=O) groups is 1. The molecule has 20 heavy (non-hydrogen) atoms. The second-order valence-electron chi connectivity index (χ2n) is 6.31. The number of rotatable bonds is 1. The molecule has 2 aliphatic heterocycles. The maximum absolute atomic E-state index is 12.3. The number of anilines is 1. The molecule has 0 aliphatic carbocycles. The Bertz CT molecular complexity index is 476. The van der Waals surface area contributed by atoms with E-state index in [0.717, 1.165) is 31.7 Å². The summed E-state index contributed by atoms with van der Waals surface area (Å²) < 4.78 is 0. The molecule has 2 fully saturated rings. The van der Waals surface area contributed by atoms with Crippen molar-refractivity contribution in [2.75, 3.05) is 38.5 Å². The molecule has 0 aromatic heterocycles. The lowest BCUT2D eigenvalue weighted by Crippen LogP contribution is -2.44. The lowest BCUT2D eigenvalue weighted by Gasteiger charge is -2.38. The van der Waals surface area contributed by atoms with Crippen molar-refractivity contribution in [3.05, 3.63) is 30.3 Å². The molecule has 0 radical (unpaired) electrons.